The Kier molecular flexibility index (Phi) is 4.95. The Morgan fingerprint density at radius 1 is 1.28 bits per heavy atom. The third-order valence-corrected chi connectivity index (χ3v) is 2.02. The van der Waals surface area contributed by atoms with Crippen molar-refractivity contribution in [2.75, 3.05) is 6.61 Å². The van der Waals surface area contributed by atoms with Crippen LogP contribution in [0.25, 0.3) is 6.08 Å². The molecule has 0 atom stereocenters. The minimum absolute atomic E-state index is 0.353. The molecular weight excluding hydrogens is 228 g/mol. The normalized spacial score (nSPS) is 11.6. The first-order valence-corrected chi connectivity index (χ1v) is 6.05. The second kappa shape index (κ2) is 6.24. The quantitative estimate of drug-likeness (QED) is 0.605. The molecule has 0 heterocycles. The summed E-state index contributed by atoms with van der Waals surface area (Å²) < 4.78 is 10.7. The molecule has 0 aromatic heterocycles. The van der Waals surface area contributed by atoms with E-state index in [2.05, 4.69) is 0 Å². The van der Waals surface area contributed by atoms with Gasteiger partial charge in [-0.1, -0.05) is 18.2 Å². The van der Waals surface area contributed by atoms with Crippen LogP contribution in [-0.4, -0.2) is 18.2 Å². The molecule has 0 aliphatic rings. The molecule has 0 saturated heterocycles. The molecule has 3 nitrogen and oxygen atoms in total. The highest BCUT2D eigenvalue weighted by Gasteiger charge is 2.13. The van der Waals surface area contributed by atoms with Gasteiger partial charge in [0.25, 0.3) is 0 Å². The molecule has 1 rings (SSSR count). The van der Waals surface area contributed by atoms with Gasteiger partial charge in [0.1, 0.15) is 11.4 Å². The fourth-order valence-corrected chi connectivity index (χ4v) is 1.40. The highest BCUT2D eigenvalue weighted by atomic mass is 16.6. The van der Waals surface area contributed by atoms with Gasteiger partial charge < -0.3 is 9.47 Å². The minimum Gasteiger partial charge on any atom is -0.493 e. The summed E-state index contributed by atoms with van der Waals surface area (Å²) >= 11 is 0. The maximum Gasteiger partial charge on any atom is 0.331 e. The summed E-state index contributed by atoms with van der Waals surface area (Å²) in [6.07, 6.45) is 3.13. The van der Waals surface area contributed by atoms with Gasteiger partial charge in [0.05, 0.1) is 6.61 Å². The van der Waals surface area contributed by atoms with E-state index in [1.807, 2.05) is 52.0 Å². The van der Waals surface area contributed by atoms with E-state index in [0.717, 1.165) is 11.3 Å². The topological polar surface area (TPSA) is 35.5 Å². The van der Waals surface area contributed by atoms with E-state index in [0.29, 0.717) is 6.61 Å². The fourth-order valence-electron chi connectivity index (χ4n) is 1.40. The average Bonchev–Trinajstić information content (AvgIpc) is 2.26. The van der Waals surface area contributed by atoms with Gasteiger partial charge in [-0.15, -0.1) is 0 Å². The molecular formula is C15H20O3. The average molecular weight is 248 g/mol. The first-order chi connectivity index (χ1) is 8.42. The molecule has 0 N–H and O–H groups in total. The largest absolute Gasteiger partial charge is 0.493 e. The predicted octanol–water partition coefficient (Wildman–Crippen LogP) is 3.44. The maximum absolute atomic E-state index is 11.6. The van der Waals surface area contributed by atoms with Crippen molar-refractivity contribution in [3.8, 4) is 5.75 Å². The number of ether oxygens (including phenoxy) is 2. The summed E-state index contributed by atoms with van der Waals surface area (Å²) in [7, 11) is 0. The van der Waals surface area contributed by atoms with Gasteiger partial charge in [-0.3, -0.25) is 0 Å². The van der Waals surface area contributed by atoms with Crippen molar-refractivity contribution in [3.05, 3.63) is 35.9 Å². The molecule has 3 heteroatoms. The summed E-state index contributed by atoms with van der Waals surface area (Å²) in [4.78, 5) is 11.6. The Hall–Kier alpha value is -1.77. The first-order valence-electron chi connectivity index (χ1n) is 6.05. The Balaban J connectivity index is 2.75. The van der Waals surface area contributed by atoms with Crippen LogP contribution in [0.3, 0.4) is 0 Å². The molecule has 0 aliphatic carbocycles. The van der Waals surface area contributed by atoms with Crippen molar-refractivity contribution in [2.24, 2.45) is 0 Å². The number of esters is 1. The summed E-state index contributed by atoms with van der Waals surface area (Å²) in [5.74, 6) is 0.411. The van der Waals surface area contributed by atoms with Crippen LogP contribution < -0.4 is 4.74 Å². The van der Waals surface area contributed by atoms with Gasteiger partial charge in [-0.2, -0.15) is 0 Å². The lowest BCUT2D eigenvalue weighted by atomic mass is 10.2. The second-order valence-electron chi connectivity index (χ2n) is 4.84. The van der Waals surface area contributed by atoms with Crippen LogP contribution in [0.15, 0.2) is 30.3 Å². The minimum atomic E-state index is -0.471. The molecule has 1 aromatic rings. The Labute approximate surface area is 108 Å². The predicted molar refractivity (Wildman–Crippen MR) is 72.5 cm³/mol. The van der Waals surface area contributed by atoms with Crippen molar-refractivity contribution < 1.29 is 14.3 Å². The summed E-state index contributed by atoms with van der Waals surface area (Å²) in [6, 6.07) is 7.57. The van der Waals surface area contributed by atoms with Crippen molar-refractivity contribution in [1.82, 2.24) is 0 Å². The summed E-state index contributed by atoms with van der Waals surface area (Å²) in [6.45, 7) is 8.04. The van der Waals surface area contributed by atoms with Crippen molar-refractivity contribution >= 4 is 12.0 Å². The van der Waals surface area contributed by atoms with Gasteiger partial charge in [0, 0.05) is 11.6 Å². The van der Waals surface area contributed by atoms with Crippen molar-refractivity contribution in [1.29, 1.82) is 0 Å². The molecule has 0 aliphatic heterocycles. The highest BCUT2D eigenvalue weighted by molar-refractivity contribution is 5.87. The maximum atomic E-state index is 11.6. The smallest absolute Gasteiger partial charge is 0.331 e. The van der Waals surface area contributed by atoms with Crippen LogP contribution in [0.2, 0.25) is 0 Å². The lowest BCUT2D eigenvalue weighted by molar-refractivity contribution is -0.148. The van der Waals surface area contributed by atoms with E-state index in [9.17, 15) is 4.79 Å². The fraction of sp³-hybridized carbons (Fsp3) is 0.400. The Bertz CT molecular complexity index is 428. The van der Waals surface area contributed by atoms with E-state index in [1.54, 1.807) is 6.08 Å². The van der Waals surface area contributed by atoms with Crippen LogP contribution in [0.4, 0.5) is 0 Å². The molecule has 0 fully saturated rings. The highest BCUT2D eigenvalue weighted by Crippen LogP contribution is 2.19. The zero-order chi connectivity index (χ0) is 13.6. The third-order valence-electron chi connectivity index (χ3n) is 2.02. The first kappa shape index (κ1) is 14.3. The van der Waals surface area contributed by atoms with Crippen LogP contribution in [0, 0.1) is 0 Å². The number of para-hydroxylation sites is 1. The molecule has 18 heavy (non-hydrogen) atoms. The van der Waals surface area contributed by atoms with E-state index < -0.39 is 5.60 Å². The molecule has 0 unspecified atom stereocenters. The monoisotopic (exact) mass is 248 g/mol. The van der Waals surface area contributed by atoms with E-state index in [-0.39, 0.29) is 5.97 Å². The van der Waals surface area contributed by atoms with Gasteiger partial charge >= 0.3 is 5.97 Å². The zero-order valence-electron chi connectivity index (χ0n) is 11.4. The standard InChI is InChI=1S/C15H20O3/c1-5-17-13-9-7-6-8-12(13)10-11-14(16)18-15(2,3)4/h6-11H,5H2,1-4H3. The molecule has 0 spiro atoms. The Morgan fingerprint density at radius 2 is 1.94 bits per heavy atom. The molecule has 0 saturated carbocycles. The SMILES string of the molecule is CCOc1ccccc1C=CC(=O)OC(C)(C)C. The molecule has 98 valence electrons. The lowest BCUT2D eigenvalue weighted by Gasteiger charge is -2.17. The van der Waals surface area contributed by atoms with E-state index in [4.69, 9.17) is 9.47 Å². The van der Waals surface area contributed by atoms with E-state index >= 15 is 0 Å². The van der Waals surface area contributed by atoms with Crippen LogP contribution >= 0.6 is 0 Å². The van der Waals surface area contributed by atoms with Gasteiger partial charge in [0.2, 0.25) is 0 Å². The van der Waals surface area contributed by atoms with Crippen LogP contribution in [-0.2, 0) is 9.53 Å². The van der Waals surface area contributed by atoms with E-state index in [1.165, 1.54) is 6.08 Å². The number of hydrogen-bond donors (Lipinski definition) is 0. The number of hydrogen-bond acceptors (Lipinski definition) is 3. The third kappa shape index (κ3) is 5.04. The molecule has 1 aromatic carbocycles. The van der Waals surface area contributed by atoms with Gasteiger partial charge in [0.15, 0.2) is 0 Å². The Morgan fingerprint density at radius 3 is 2.56 bits per heavy atom. The molecule has 0 amide bonds. The summed E-state index contributed by atoms with van der Waals surface area (Å²) in [5, 5.41) is 0. The number of benzene rings is 1. The lowest BCUT2D eigenvalue weighted by Crippen LogP contribution is -2.22. The zero-order valence-corrected chi connectivity index (χ0v) is 11.4. The number of rotatable bonds is 4. The molecule has 0 bridgehead atoms. The van der Waals surface area contributed by atoms with Gasteiger partial charge in [-0.05, 0) is 39.8 Å². The summed E-state index contributed by atoms with van der Waals surface area (Å²) in [5.41, 5.74) is 0.395. The van der Waals surface area contributed by atoms with Crippen molar-refractivity contribution in [2.45, 2.75) is 33.3 Å². The number of carbonyl (C=O) groups is 1. The molecule has 0 radical (unpaired) electrons. The van der Waals surface area contributed by atoms with Gasteiger partial charge in [-0.25, -0.2) is 4.79 Å². The van der Waals surface area contributed by atoms with Crippen molar-refractivity contribution in [3.63, 3.8) is 0 Å². The van der Waals surface area contributed by atoms with Crippen LogP contribution in [0.1, 0.15) is 33.3 Å². The second-order valence-corrected chi connectivity index (χ2v) is 4.84. The number of carbonyl (C=O) groups excluding carboxylic acids is 1. The van der Waals surface area contributed by atoms with Crippen LogP contribution in [0.5, 0.6) is 5.75 Å².